The number of hydrogen-bond donors (Lipinski definition) is 0. The number of benzene rings is 3. The number of sulfonamides is 1. The van der Waals surface area contributed by atoms with Crippen molar-refractivity contribution in [2.45, 2.75) is 17.4 Å². The highest BCUT2D eigenvalue weighted by atomic mass is 32.2. The summed E-state index contributed by atoms with van der Waals surface area (Å²) in [5.74, 6) is -0.476. The van der Waals surface area contributed by atoms with Crippen molar-refractivity contribution >= 4 is 38.3 Å². The Morgan fingerprint density at radius 1 is 1.06 bits per heavy atom. The van der Waals surface area contributed by atoms with Gasteiger partial charge in [-0.3, -0.25) is 9.59 Å². The van der Waals surface area contributed by atoms with Crippen molar-refractivity contribution in [3.63, 3.8) is 0 Å². The van der Waals surface area contributed by atoms with E-state index in [-0.39, 0.29) is 17.9 Å². The molecule has 164 valence electrons. The van der Waals surface area contributed by atoms with E-state index in [1.54, 1.807) is 36.4 Å². The van der Waals surface area contributed by atoms with Gasteiger partial charge in [0.25, 0.3) is 5.91 Å². The minimum absolute atomic E-state index is 0.0567. The van der Waals surface area contributed by atoms with Crippen molar-refractivity contribution in [2.75, 3.05) is 18.6 Å². The molecule has 7 nitrogen and oxygen atoms in total. The molecule has 0 saturated carbocycles. The van der Waals surface area contributed by atoms with Crippen molar-refractivity contribution in [3.8, 4) is 5.75 Å². The summed E-state index contributed by atoms with van der Waals surface area (Å²) in [6, 6.07) is 17.5. The van der Waals surface area contributed by atoms with Gasteiger partial charge < -0.3 is 4.74 Å². The zero-order chi connectivity index (χ0) is 22.9. The number of imide groups is 1. The van der Waals surface area contributed by atoms with Crippen LogP contribution in [0.3, 0.4) is 0 Å². The van der Waals surface area contributed by atoms with Crippen LogP contribution in [0.4, 0.5) is 5.69 Å². The van der Waals surface area contributed by atoms with Crippen LogP contribution in [0.15, 0.2) is 84.3 Å². The molecule has 1 saturated heterocycles. The number of fused-ring (bicyclic) bond motifs is 1. The monoisotopic (exact) mass is 450 g/mol. The Kier molecular flexibility index (Phi) is 5.82. The first-order valence-corrected chi connectivity index (χ1v) is 11.4. The molecule has 1 atom stereocenters. The predicted octanol–water partition coefficient (Wildman–Crippen LogP) is 3.36. The highest BCUT2D eigenvalue weighted by Gasteiger charge is 2.46. The molecule has 0 bridgehead atoms. The molecule has 0 N–H and O–H groups in total. The van der Waals surface area contributed by atoms with Gasteiger partial charge in [0.2, 0.25) is 15.9 Å². The second kappa shape index (κ2) is 8.57. The molecule has 0 aromatic heterocycles. The molecule has 1 fully saturated rings. The van der Waals surface area contributed by atoms with Crippen molar-refractivity contribution < 1.29 is 22.7 Å². The quantitative estimate of drug-likeness (QED) is 0.407. The summed E-state index contributed by atoms with van der Waals surface area (Å²) >= 11 is 0. The van der Waals surface area contributed by atoms with Gasteiger partial charge >= 0.3 is 0 Å². The topological polar surface area (TPSA) is 84.0 Å². The van der Waals surface area contributed by atoms with Crippen LogP contribution in [0.2, 0.25) is 0 Å². The second-order valence-electron chi connectivity index (χ2n) is 7.36. The fourth-order valence-electron chi connectivity index (χ4n) is 3.83. The van der Waals surface area contributed by atoms with Crippen molar-refractivity contribution in [1.82, 2.24) is 4.31 Å². The Bertz CT molecular complexity index is 1300. The van der Waals surface area contributed by atoms with Gasteiger partial charge in [0, 0.05) is 6.54 Å². The average molecular weight is 451 g/mol. The standard InChI is InChI=1S/C24H22N2O5S/c1-3-14-25(32(29,30)21-13-8-17-6-4-5-7-18(17)15-21)22-16-23(27)26(24(22)28)19-9-11-20(31-2)12-10-19/h3-13,15,22H,1,14,16H2,2H3. The van der Waals surface area contributed by atoms with E-state index in [9.17, 15) is 18.0 Å². The van der Waals surface area contributed by atoms with Crippen LogP contribution in [0, 0.1) is 0 Å². The highest BCUT2D eigenvalue weighted by molar-refractivity contribution is 7.89. The Morgan fingerprint density at radius 3 is 2.41 bits per heavy atom. The molecule has 3 aromatic rings. The van der Waals surface area contributed by atoms with E-state index < -0.39 is 27.9 Å². The summed E-state index contributed by atoms with van der Waals surface area (Å²) in [6.07, 6.45) is 1.16. The summed E-state index contributed by atoms with van der Waals surface area (Å²) < 4.78 is 33.2. The minimum atomic E-state index is -4.07. The lowest BCUT2D eigenvalue weighted by atomic mass is 10.1. The van der Waals surface area contributed by atoms with E-state index in [0.29, 0.717) is 11.4 Å². The van der Waals surface area contributed by atoms with E-state index in [1.807, 2.05) is 24.3 Å². The van der Waals surface area contributed by atoms with E-state index in [2.05, 4.69) is 6.58 Å². The molecule has 0 aliphatic carbocycles. The number of anilines is 1. The predicted molar refractivity (Wildman–Crippen MR) is 122 cm³/mol. The Hall–Kier alpha value is -3.49. The van der Waals surface area contributed by atoms with E-state index in [0.717, 1.165) is 20.0 Å². The van der Waals surface area contributed by atoms with Gasteiger partial charge in [0.1, 0.15) is 11.8 Å². The molecule has 0 spiro atoms. The molecule has 4 rings (SSSR count). The van der Waals surface area contributed by atoms with E-state index >= 15 is 0 Å². The summed E-state index contributed by atoms with van der Waals surface area (Å²) in [6.45, 7) is 3.54. The molecule has 1 aliphatic heterocycles. The molecular weight excluding hydrogens is 428 g/mol. The fraction of sp³-hybridized carbons (Fsp3) is 0.167. The van der Waals surface area contributed by atoms with E-state index in [1.165, 1.54) is 19.3 Å². The number of nitrogens with zero attached hydrogens (tertiary/aromatic N) is 2. The van der Waals surface area contributed by atoms with Crippen LogP contribution < -0.4 is 9.64 Å². The molecule has 8 heteroatoms. The van der Waals surface area contributed by atoms with Crippen molar-refractivity contribution in [1.29, 1.82) is 0 Å². The number of hydrogen-bond acceptors (Lipinski definition) is 5. The first-order valence-electron chi connectivity index (χ1n) is 9.99. The highest BCUT2D eigenvalue weighted by Crippen LogP contribution is 2.31. The van der Waals surface area contributed by atoms with Crippen LogP contribution in [0.1, 0.15) is 6.42 Å². The molecule has 0 radical (unpaired) electrons. The van der Waals surface area contributed by atoms with Gasteiger partial charge in [-0.25, -0.2) is 13.3 Å². The number of methoxy groups -OCH3 is 1. The maximum absolute atomic E-state index is 13.5. The third-order valence-electron chi connectivity index (χ3n) is 5.44. The fourth-order valence-corrected chi connectivity index (χ4v) is 5.41. The first-order chi connectivity index (χ1) is 15.4. The Balaban J connectivity index is 1.70. The molecule has 3 aromatic carbocycles. The zero-order valence-electron chi connectivity index (χ0n) is 17.5. The third kappa shape index (κ3) is 3.79. The first kappa shape index (κ1) is 21.7. The van der Waals surface area contributed by atoms with E-state index in [4.69, 9.17) is 4.74 Å². The van der Waals surface area contributed by atoms with Crippen LogP contribution in [0.5, 0.6) is 5.75 Å². The maximum atomic E-state index is 13.5. The van der Waals surface area contributed by atoms with Crippen molar-refractivity contribution in [2.24, 2.45) is 0 Å². The lowest BCUT2D eigenvalue weighted by Crippen LogP contribution is -2.45. The number of carbonyl (C=O) groups is 2. The van der Waals surface area contributed by atoms with Crippen LogP contribution in [-0.2, 0) is 19.6 Å². The molecule has 2 amide bonds. The Morgan fingerprint density at radius 2 is 1.75 bits per heavy atom. The third-order valence-corrected chi connectivity index (χ3v) is 7.31. The molecule has 32 heavy (non-hydrogen) atoms. The van der Waals surface area contributed by atoms with Gasteiger partial charge in [-0.1, -0.05) is 36.4 Å². The van der Waals surface area contributed by atoms with Gasteiger partial charge in [-0.05, 0) is 47.2 Å². The van der Waals surface area contributed by atoms with Gasteiger partial charge in [-0.2, -0.15) is 4.31 Å². The van der Waals surface area contributed by atoms with Crippen LogP contribution in [-0.4, -0.2) is 44.2 Å². The number of ether oxygens (including phenoxy) is 1. The normalized spacial score (nSPS) is 16.7. The zero-order valence-corrected chi connectivity index (χ0v) is 18.3. The van der Waals surface area contributed by atoms with Crippen LogP contribution in [0.25, 0.3) is 10.8 Å². The van der Waals surface area contributed by atoms with Crippen molar-refractivity contribution in [3.05, 3.63) is 79.4 Å². The smallest absolute Gasteiger partial charge is 0.252 e. The second-order valence-corrected chi connectivity index (χ2v) is 9.25. The minimum Gasteiger partial charge on any atom is -0.497 e. The molecule has 1 aliphatic rings. The summed E-state index contributed by atoms with van der Waals surface area (Å²) in [4.78, 5) is 27.0. The molecule has 1 unspecified atom stereocenters. The van der Waals surface area contributed by atoms with Crippen LogP contribution >= 0.6 is 0 Å². The summed E-state index contributed by atoms with van der Waals surface area (Å²) in [7, 11) is -2.55. The average Bonchev–Trinajstić information content (AvgIpc) is 3.10. The SMILES string of the molecule is C=CCN(C1CC(=O)N(c2ccc(OC)cc2)C1=O)S(=O)(=O)c1ccc2ccccc2c1. The summed E-state index contributed by atoms with van der Waals surface area (Å²) in [5.41, 5.74) is 0.366. The number of amides is 2. The van der Waals surface area contributed by atoms with Gasteiger partial charge in [0.15, 0.2) is 0 Å². The van der Waals surface area contributed by atoms with Gasteiger partial charge in [0.05, 0.1) is 24.1 Å². The summed E-state index contributed by atoms with van der Waals surface area (Å²) in [5, 5.41) is 1.67. The maximum Gasteiger partial charge on any atom is 0.252 e. The molecular formula is C24H22N2O5S. The largest absolute Gasteiger partial charge is 0.497 e. The Labute approximate surface area is 186 Å². The molecule has 1 heterocycles. The lowest BCUT2D eigenvalue weighted by molar-refractivity contribution is -0.122. The number of rotatable bonds is 7. The van der Waals surface area contributed by atoms with Gasteiger partial charge in [-0.15, -0.1) is 6.58 Å². The lowest BCUT2D eigenvalue weighted by Gasteiger charge is -2.26. The number of carbonyl (C=O) groups excluding carboxylic acids is 2.